The number of hydrogen-bond acceptors (Lipinski definition) is 6. The molecule has 1 aromatic carbocycles. The van der Waals surface area contributed by atoms with Gasteiger partial charge in [-0.05, 0) is 17.7 Å². The number of methoxy groups -OCH3 is 2. The summed E-state index contributed by atoms with van der Waals surface area (Å²) >= 11 is 4.03. The van der Waals surface area contributed by atoms with E-state index in [0.717, 1.165) is 22.8 Å². The topological polar surface area (TPSA) is 56.5 Å². The standard InChI is InChI=1S/C15H24N2O2S2/c1-9-10(2)21-14(8-20-9)15(17-16)11-5-6-12(18-3)13(7-11)19-4/h5-7,9-10,14-15,17H,8,16H2,1-4H3. The van der Waals surface area contributed by atoms with Gasteiger partial charge in [0.2, 0.25) is 0 Å². The second-order valence-corrected chi connectivity index (χ2v) is 8.21. The molecule has 0 radical (unpaired) electrons. The molecular formula is C15H24N2O2S2. The number of hydrogen-bond donors (Lipinski definition) is 2. The normalized spacial score (nSPS) is 27.2. The van der Waals surface area contributed by atoms with Crippen LogP contribution in [0.1, 0.15) is 25.5 Å². The summed E-state index contributed by atoms with van der Waals surface area (Å²) in [6.45, 7) is 4.58. The van der Waals surface area contributed by atoms with Gasteiger partial charge in [-0.1, -0.05) is 19.9 Å². The zero-order chi connectivity index (χ0) is 15.4. The highest BCUT2D eigenvalue weighted by molar-refractivity contribution is 8.07. The molecule has 4 nitrogen and oxygen atoms in total. The molecule has 0 aliphatic carbocycles. The van der Waals surface area contributed by atoms with Crippen LogP contribution in [-0.2, 0) is 0 Å². The number of hydrazine groups is 1. The summed E-state index contributed by atoms with van der Waals surface area (Å²) in [4.78, 5) is 0. The summed E-state index contributed by atoms with van der Waals surface area (Å²) in [6.07, 6.45) is 0. The molecule has 0 amide bonds. The molecule has 1 fully saturated rings. The highest BCUT2D eigenvalue weighted by atomic mass is 32.2. The summed E-state index contributed by atoms with van der Waals surface area (Å²) in [6, 6.07) is 6.11. The number of ether oxygens (including phenoxy) is 2. The molecule has 1 aliphatic heterocycles. The summed E-state index contributed by atoms with van der Waals surface area (Å²) in [5, 5.41) is 1.77. The first-order chi connectivity index (χ1) is 10.1. The van der Waals surface area contributed by atoms with Crippen LogP contribution in [0.4, 0.5) is 0 Å². The smallest absolute Gasteiger partial charge is 0.161 e. The number of rotatable bonds is 5. The van der Waals surface area contributed by atoms with Gasteiger partial charge in [0.25, 0.3) is 0 Å². The Labute approximate surface area is 135 Å². The molecule has 21 heavy (non-hydrogen) atoms. The number of nitrogens with one attached hydrogen (secondary N) is 1. The van der Waals surface area contributed by atoms with Crippen molar-refractivity contribution in [2.24, 2.45) is 5.84 Å². The van der Waals surface area contributed by atoms with Crippen LogP contribution in [0.15, 0.2) is 18.2 Å². The Balaban J connectivity index is 2.21. The van der Waals surface area contributed by atoms with Gasteiger partial charge in [-0.3, -0.25) is 11.3 Å². The third kappa shape index (κ3) is 3.80. The van der Waals surface area contributed by atoms with Crippen molar-refractivity contribution in [2.45, 2.75) is 35.6 Å². The van der Waals surface area contributed by atoms with E-state index in [4.69, 9.17) is 15.3 Å². The summed E-state index contributed by atoms with van der Waals surface area (Å²) in [7, 11) is 3.30. The van der Waals surface area contributed by atoms with Gasteiger partial charge in [-0.15, -0.1) is 0 Å². The maximum Gasteiger partial charge on any atom is 0.161 e. The van der Waals surface area contributed by atoms with Gasteiger partial charge < -0.3 is 9.47 Å². The minimum absolute atomic E-state index is 0.109. The molecule has 1 saturated heterocycles. The van der Waals surface area contributed by atoms with E-state index in [1.165, 1.54) is 0 Å². The van der Waals surface area contributed by atoms with Gasteiger partial charge in [0.05, 0.1) is 20.3 Å². The van der Waals surface area contributed by atoms with Crippen LogP contribution >= 0.6 is 23.5 Å². The maximum atomic E-state index is 5.83. The van der Waals surface area contributed by atoms with Crippen LogP contribution < -0.4 is 20.7 Å². The van der Waals surface area contributed by atoms with E-state index in [-0.39, 0.29) is 6.04 Å². The number of benzene rings is 1. The lowest BCUT2D eigenvalue weighted by atomic mass is 10.0. The molecular weight excluding hydrogens is 304 g/mol. The van der Waals surface area contributed by atoms with Gasteiger partial charge in [0, 0.05) is 21.5 Å². The Morgan fingerprint density at radius 1 is 1.19 bits per heavy atom. The van der Waals surface area contributed by atoms with Crippen LogP contribution in [0.5, 0.6) is 11.5 Å². The molecule has 2 rings (SSSR count). The van der Waals surface area contributed by atoms with Gasteiger partial charge >= 0.3 is 0 Å². The van der Waals surface area contributed by atoms with Crippen molar-refractivity contribution in [3.8, 4) is 11.5 Å². The number of thioether (sulfide) groups is 2. The number of nitrogens with two attached hydrogens (primary N) is 1. The molecule has 6 heteroatoms. The Kier molecular flexibility index (Phi) is 6.10. The molecule has 4 atom stereocenters. The van der Waals surface area contributed by atoms with E-state index in [0.29, 0.717) is 15.7 Å². The first-order valence-electron chi connectivity index (χ1n) is 7.05. The van der Waals surface area contributed by atoms with Crippen molar-refractivity contribution < 1.29 is 9.47 Å². The third-order valence-corrected chi connectivity index (χ3v) is 7.39. The molecule has 0 aromatic heterocycles. The molecule has 0 saturated carbocycles. The van der Waals surface area contributed by atoms with E-state index < -0.39 is 0 Å². The third-order valence-electron chi connectivity index (χ3n) is 3.89. The fourth-order valence-electron chi connectivity index (χ4n) is 2.45. The minimum atomic E-state index is 0.109. The fraction of sp³-hybridized carbons (Fsp3) is 0.600. The lowest BCUT2D eigenvalue weighted by molar-refractivity contribution is 0.354. The molecule has 1 heterocycles. The van der Waals surface area contributed by atoms with Crippen molar-refractivity contribution in [1.29, 1.82) is 0 Å². The van der Waals surface area contributed by atoms with Gasteiger partial charge in [-0.2, -0.15) is 23.5 Å². The van der Waals surface area contributed by atoms with Crippen molar-refractivity contribution in [2.75, 3.05) is 20.0 Å². The molecule has 1 aromatic rings. The molecule has 0 bridgehead atoms. The highest BCUT2D eigenvalue weighted by Gasteiger charge is 2.32. The van der Waals surface area contributed by atoms with E-state index in [1.54, 1.807) is 14.2 Å². The van der Waals surface area contributed by atoms with E-state index >= 15 is 0 Å². The predicted octanol–water partition coefficient (Wildman–Crippen LogP) is 2.83. The van der Waals surface area contributed by atoms with Gasteiger partial charge in [0.1, 0.15) is 0 Å². The first-order valence-corrected chi connectivity index (χ1v) is 9.05. The second kappa shape index (κ2) is 7.63. The van der Waals surface area contributed by atoms with Gasteiger partial charge in [-0.25, -0.2) is 0 Å². The monoisotopic (exact) mass is 328 g/mol. The average Bonchev–Trinajstić information content (AvgIpc) is 2.51. The first kappa shape index (κ1) is 16.8. The Morgan fingerprint density at radius 3 is 2.48 bits per heavy atom. The van der Waals surface area contributed by atoms with Crippen LogP contribution in [-0.4, -0.2) is 35.7 Å². The molecule has 1 aliphatic rings. The van der Waals surface area contributed by atoms with Crippen LogP contribution in [0.25, 0.3) is 0 Å². The summed E-state index contributed by atoms with van der Waals surface area (Å²) < 4.78 is 10.7. The second-order valence-electron chi connectivity index (χ2n) is 5.18. The zero-order valence-corrected chi connectivity index (χ0v) is 14.6. The van der Waals surface area contributed by atoms with Crippen LogP contribution in [0, 0.1) is 0 Å². The maximum absolute atomic E-state index is 5.83. The molecule has 4 unspecified atom stereocenters. The van der Waals surface area contributed by atoms with Crippen molar-refractivity contribution in [3.05, 3.63) is 23.8 Å². The quantitative estimate of drug-likeness (QED) is 0.640. The van der Waals surface area contributed by atoms with Crippen molar-refractivity contribution >= 4 is 23.5 Å². The predicted molar refractivity (Wildman–Crippen MR) is 92.4 cm³/mol. The van der Waals surface area contributed by atoms with E-state index in [2.05, 4.69) is 25.3 Å². The highest BCUT2D eigenvalue weighted by Crippen LogP contribution is 2.42. The summed E-state index contributed by atoms with van der Waals surface area (Å²) in [5.74, 6) is 8.41. The Hall–Kier alpha value is -0.560. The van der Waals surface area contributed by atoms with Crippen molar-refractivity contribution in [1.82, 2.24) is 5.43 Å². The lowest BCUT2D eigenvalue weighted by Gasteiger charge is -2.35. The van der Waals surface area contributed by atoms with Gasteiger partial charge in [0.15, 0.2) is 11.5 Å². The Bertz CT molecular complexity index is 473. The van der Waals surface area contributed by atoms with E-state index in [9.17, 15) is 0 Å². The average molecular weight is 329 g/mol. The summed E-state index contributed by atoms with van der Waals surface area (Å²) in [5.41, 5.74) is 4.12. The van der Waals surface area contributed by atoms with Crippen LogP contribution in [0.2, 0.25) is 0 Å². The SMILES string of the molecule is COc1ccc(C(NN)C2CSC(C)C(C)S2)cc1OC. The molecule has 3 N–H and O–H groups in total. The minimum Gasteiger partial charge on any atom is -0.493 e. The lowest BCUT2D eigenvalue weighted by Crippen LogP contribution is -2.40. The zero-order valence-electron chi connectivity index (χ0n) is 13.0. The molecule has 0 spiro atoms. The fourth-order valence-corrected chi connectivity index (χ4v) is 5.55. The van der Waals surface area contributed by atoms with E-state index in [1.807, 2.05) is 35.7 Å². The molecule has 118 valence electrons. The van der Waals surface area contributed by atoms with Crippen molar-refractivity contribution in [3.63, 3.8) is 0 Å². The van der Waals surface area contributed by atoms with Crippen LogP contribution in [0.3, 0.4) is 0 Å². The Morgan fingerprint density at radius 2 is 1.90 bits per heavy atom. The largest absolute Gasteiger partial charge is 0.493 e.